The van der Waals surface area contributed by atoms with Crippen molar-refractivity contribution < 1.29 is 9.84 Å². The first-order chi connectivity index (χ1) is 6.34. The second-order valence-corrected chi connectivity index (χ2v) is 3.95. The van der Waals surface area contributed by atoms with Crippen LogP contribution in [0.4, 0.5) is 0 Å². The quantitative estimate of drug-likeness (QED) is 0.711. The Kier molecular flexibility index (Phi) is 1.41. The molecule has 1 aliphatic carbocycles. The molecule has 0 amide bonds. The van der Waals surface area contributed by atoms with Gasteiger partial charge in [-0.25, -0.2) is 0 Å². The number of phenolic OH excluding ortho intramolecular Hbond substituents is 1. The number of benzene rings is 1. The Balaban J connectivity index is 2.03. The molecule has 68 valence electrons. The molecule has 13 heavy (non-hydrogen) atoms. The highest BCUT2D eigenvalue weighted by Crippen LogP contribution is 2.48. The Morgan fingerprint density at radius 2 is 2.15 bits per heavy atom. The molecule has 1 N–H and O–H groups in total. The van der Waals surface area contributed by atoms with Gasteiger partial charge in [0.1, 0.15) is 5.75 Å². The number of phenols is 1. The molecule has 0 aromatic heterocycles. The first-order valence-electron chi connectivity index (χ1n) is 4.78. The zero-order valence-electron chi connectivity index (χ0n) is 7.36. The standard InChI is InChI=1S/C11H12O2/c12-9-4-3-8-6-13-11(7-1-2-7)10(8)5-9/h3-5,7,11-12H,1-2,6H2/t11-/m0/s1. The van der Waals surface area contributed by atoms with Gasteiger partial charge in [-0.05, 0) is 42.0 Å². The van der Waals surface area contributed by atoms with E-state index < -0.39 is 0 Å². The summed E-state index contributed by atoms with van der Waals surface area (Å²) in [6, 6.07) is 5.55. The fraction of sp³-hybridized carbons (Fsp3) is 0.455. The molecule has 1 aromatic rings. The van der Waals surface area contributed by atoms with Gasteiger partial charge >= 0.3 is 0 Å². The van der Waals surface area contributed by atoms with E-state index in [1.807, 2.05) is 12.1 Å². The predicted octanol–water partition coefficient (Wildman–Crippen LogP) is 2.37. The number of aromatic hydroxyl groups is 1. The summed E-state index contributed by atoms with van der Waals surface area (Å²) < 4.78 is 5.69. The Morgan fingerprint density at radius 1 is 1.31 bits per heavy atom. The Bertz CT molecular complexity index is 342. The van der Waals surface area contributed by atoms with E-state index in [1.54, 1.807) is 6.07 Å². The minimum Gasteiger partial charge on any atom is -0.508 e. The van der Waals surface area contributed by atoms with Crippen LogP contribution in [0, 0.1) is 5.92 Å². The molecule has 2 aliphatic rings. The maximum atomic E-state index is 9.36. The van der Waals surface area contributed by atoms with E-state index in [1.165, 1.54) is 24.0 Å². The van der Waals surface area contributed by atoms with Crippen LogP contribution in [0.15, 0.2) is 18.2 Å². The van der Waals surface area contributed by atoms with E-state index in [9.17, 15) is 5.11 Å². The summed E-state index contributed by atoms with van der Waals surface area (Å²) in [6.45, 7) is 0.719. The highest BCUT2D eigenvalue weighted by Gasteiger charge is 2.37. The third kappa shape index (κ3) is 1.13. The minimum atomic E-state index is 0.266. The van der Waals surface area contributed by atoms with E-state index in [4.69, 9.17) is 4.74 Å². The van der Waals surface area contributed by atoms with Gasteiger partial charge < -0.3 is 9.84 Å². The van der Waals surface area contributed by atoms with Crippen molar-refractivity contribution >= 4 is 0 Å². The lowest BCUT2D eigenvalue weighted by Gasteiger charge is -2.08. The van der Waals surface area contributed by atoms with Crippen LogP contribution in [-0.4, -0.2) is 5.11 Å². The van der Waals surface area contributed by atoms with Gasteiger partial charge in [0.2, 0.25) is 0 Å². The van der Waals surface area contributed by atoms with Gasteiger partial charge in [-0.15, -0.1) is 0 Å². The summed E-state index contributed by atoms with van der Waals surface area (Å²) in [4.78, 5) is 0. The summed E-state index contributed by atoms with van der Waals surface area (Å²) in [6.07, 6.45) is 2.82. The highest BCUT2D eigenvalue weighted by molar-refractivity contribution is 5.38. The van der Waals surface area contributed by atoms with E-state index in [0.29, 0.717) is 11.7 Å². The van der Waals surface area contributed by atoms with E-state index in [-0.39, 0.29) is 6.10 Å². The van der Waals surface area contributed by atoms with Crippen molar-refractivity contribution in [2.75, 3.05) is 0 Å². The van der Waals surface area contributed by atoms with Crippen LogP contribution < -0.4 is 0 Å². The van der Waals surface area contributed by atoms with E-state index in [2.05, 4.69) is 0 Å². The Morgan fingerprint density at radius 3 is 2.92 bits per heavy atom. The Labute approximate surface area is 77.2 Å². The minimum absolute atomic E-state index is 0.266. The average Bonchev–Trinajstić information content (AvgIpc) is 2.87. The third-order valence-corrected chi connectivity index (χ3v) is 2.90. The monoisotopic (exact) mass is 176 g/mol. The lowest BCUT2D eigenvalue weighted by molar-refractivity contribution is 0.0506. The molecular weight excluding hydrogens is 164 g/mol. The number of rotatable bonds is 1. The van der Waals surface area contributed by atoms with Crippen LogP contribution >= 0.6 is 0 Å². The van der Waals surface area contributed by atoms with Crippen molar-refractivity contribution in [3.05, 3.63) is 29.3 Å². The van der Waals surface area contributed by atoms with Crippen molar-refractivity contribution in [2.24, 2.45) is 5.92 Å². The van der Waals surface area contributed by atoms with Gasteiger partial charge in [-0.2, -0.15) is 0 Å². The Hall–Kier alpha value is -1.02. The fourth-order valence-corrected chi connectivity index (χ4v) is 2.04. The van der Waals surface area contributed by atoms with Crippen molar-refractivity contribution in [1.29, 1.82) is 0 Å². The predicted molar refractivity (Wildman–Crippen MR) is 48.4 cm³/mol. The molecule has 0 bridgehead atoms. The lowest BCUT2D eigenvalue weighted by Crippen LogP contribution is -1.97. The first-order valence-corrected chi connectivity index (χ1v) is 4.78. The van der Waals surface area contributed by atoms with Crippen LogP contribution in [0.3, 0.4) is 0 Å². The van der Waals surface area contributed by atoms with Crippen molar-refractivity contribution in [3.8, 4) is 5.75 Å². The first kappa shape index (κ1) is 7.39. The normalized spacial score (nSPS) is 26.0. The molecule has 3 rings (SSSR count). The third-order valence-electron chi connectivity index (χ3n) is 2.90. The van der Waals surface area contributed by atoms with E-state index >= 15 is 0 Å². The van der Waals surface area contributed by atoms with Crippen molar-refractivity contribution in [1.82, 2.24) is 0 Å². The van der Waals surface area contributed by atoms with E-state index in [0.717, 1.165) is 6.61 Å². The van der Waals surface area contributed by atoms with Crippen LogP contribution in [0.1, 0.15) is 30.1 Å². The molecule has 1 saturated carbocycles. The second kappa shape index (κ2) is 2.48. The molecule has 0 spiro atoms. The lowest BCUT2D eigenvalue weighted by atomic mass is 10.0. The summed E-state index contributed by atoms with van der Waals surface area (Å²) in [5.41, 5.74) is 2.46. The maximum absolute atomic E-state index is 9.36. The van der Waals surface area contributed by atoms with Crippen LogP contribution in [0.25, 0.3) is 0 Å². The molecule has 0 unspecified atom stereocenters. The number of hydrogen-bond acceptors (Lipinski definition) is 2. The van der Waals surface area contributed by atoms with Crippen molar-refractivity contribution in [3.63, 3.8) is 0 Å². The molecule has 1 aromatic carbocycles. The largest absolute Gasteiger partial charge is 0.508 e. The zero-order chi connectivity index (χ0) is 8.84. The molecule has 2 nitrogen and oxygen atoms in total. The topological polar surface area (TPSA) is 29.5 Å². The molecule has 1 atom stereocenters. The number of fused-ring (bicyclic) bond motifs is 1. The summed E-state index contributed by atoms with van der Waals surface area (Å²) >= 11 is 0. The van der Waals surface area contributed by atoms with Crippen LogP contribution in [0.5, 0.6) is 5.75 Å². The molecular formula is C11H12O2. The summed E-state index contributed by atoms with van der Waals surface area (Å²) in [5.74, 6) is 1.07. The molecule has 1 heterocycles. The van der Waals surface area contributed by atoms with Crippen molar-refractivity contribution in [2.45, 2.75) is 25.6 Å². The zero-order valence-corrected chi connectivity index (χ0v) is 7.36. The van der Waals surface area contributed by atoms with Gasteiger partial charge in [-0.3, -0.25) is 0 Å². The number of hydrogen-bond donors (Lipinski definition) is 1. The molecule has 0 radical (unpaired) electrons. The van der Waals surface area contributed by atoms with Gasteiger partial charge in [0.15, 0.2) is 0 Å². The summed E-state index contributed by atoms with van der Waals surface area (Å²) in [5, 5.41) is 9.36. The molecule has 2 heteroatoms. The highest BCUT2D eigenvalue weighted by atomic mass is 16.5. The molecule has 1 fully saturated rings. The van der Waals surface area contributed by atoms with Gasteiger partial charge in [0.25, 0.3) is 0 Å². The maximum Gasteiger partial charge on any atom is 0.115 e. The average molecular weight is 176 g/mol. The van der Waals surface area contributed by atoms with Crippen LogP contribution in [-0.2, 0) is 11.3 Å². The summed E-state index contributed by atoms with van der Waals surface area (Å²) in [7, 11) is 0. The van der Waals surface area contributed by atoms with Gasteiger partial charge in [0.05, 0.1) is 12.7 Å². The van der Waals surface area contributed by atoms with Crippen LogP contribution in [0.2, 0.25) is 0 Å². The molecule has 0 saturated heterocycles. The number of ether oxygens (including phenoxy) is 1. The SMILES string of the molecule is Oc1ccc2c(c1)[C@H](C1CC1)OC2. The second-order valence-electron chi connectivity index (χ2n) is 3.95. The smallest absolute Gasteiger partial charge is 0.115 e. The van der Waals surface area contributed by atoms with Gasteiger partial charge in [0, 0.05) is 0 Å². The van der Waals surface area contributed by atoms with Gasteiger partial charge in [-0.1, -0.05) is 6.07 Å². The fourth-order valence-electron chi connectivity index (χ4n) is 2.04. The molecule has 1 aliphatic heterocycles.